The van der Waals surface area contributed by atoms with Gasteiger partial charge in [0.25, 0.3) is 0 Å². The smallest absolute Gasteiger partial charge is 0.0949 e. The lowest BCUT2D eigenvalue weighted by Gasteiger charge is -2.28. The van der Waals surface area contributed by atoms with Gasteiger partial charge in [-0.2, -0.15) is 0 Å². The molecular weight excluding hydrogens is 238 g/mol. The Hall–Kier alpha value is -1.65. The fourth-order valence-corrected chi connectivity index (χ4v) is 2.69. The molecule has 1 aromatic carbocycles. The largest absolute Gasteiger partial charge is 0.387 e. The molecule has 2 aromatic rings. The van der Waals surface area contributed by atoms with E-state index in [1.165, 1.54) is 5.69 Å². The number of fused-ring (bicyclic) bond motifs is 1. The lowest BCUT2D eigenvalue weighted by Crippen LogP contribution is -2.34. The number of nitrogens with zero attached hydrogens (tertiary/aromatic N) is 3. The van der Waals surface area contributed by atoms with Crippen molar-refractivity contribution in [3.63, 3.8) is 0 Å². The van der Waals surface area contributed by atoms with Crippen LogP contribution in [0.25, 0.3) is 0 Å². The summed E-state index contributed by atoms with van der Waals surface area (Å²) in [6.45, 7) is 2.48. The first-order valence-electron chi connectivity index (χ1n) is 6.68. The SMILES string of the molecule is Cn1cnc2c1CCN(CC(O)c1ccccc1)C2. The van der Waals surface area contributed by atoms with Crippen LogP contribution < -0.4 is 0 Å². The molecule has 0 saturated heterocycles. The topological polar surface area (TPSA) is 41.3 Å². The molecule has 0 bridgehead atoms. The van der Waals surface area contributed by atoms with Crippen molar-refractivity contribution in [2.75, 3.05) is 13.1 Å². The predicted molar refractivity (Wildman–Crippen MR) is 73.6 cm³/mol. The summed E-state index contributed by atoms with van der Waals surface area (Å²) in [5, 5.41) is 10.3. The number of aromatic nitrogens is 2. The molecule has 3 rings (SSSR count). The third kappa shape index (κ3) is 2.55. The zero-order valence-electron chi connectivity index (χ0n) is 11.2. The van der Waals surface area contributed by atoms with Gasteiger partial charge in [-0.3, -0.25) is 4.90 Å². The van der Waals surface area contributed by atoms with Crippen molar-refractivity contribution >= 4 is 0 Å². The number of aryl methyl sites for hydroxylation is 1. The Morgan fingerprint density at radius 3 is 2.89 bits per heavy atom. The van der Waals surface area contributed by atoms with E-state index in [-0.39, 0.29) is 0 Å². The second kappa shape index (κ2) is 5.15. The van der Waals surface area contributed by atoms with Gasteiger partial charge in [0, 0.05) is 38.8 Å². The van der Waals surface area contributed by atoms with Crippen LogP contribution in [0.2, 0.25) is 0 Å². The molecule has 1 unspecified atom stereocenters. The fourth-order valence-electron chi connectivity index (χ4n) is 2.69. The molecule has 2 heterocycles. The molecule has 1 atom stereocenters. The minimum Gasteiger partial charge on any atom is -0.387 e. The van der Waals surface area contributed by atoms with Crippen molar-refractivity contribution in [2.24, 2.45) is 7.05 Å². The molecule has 1 aromatic heterocycles. The molecule has 100 valence electrons. The van der Waals surface area contributed by atoms with Gasteiger partial charge in [-0.1, -0.05) is 30.3 Å². The summed E-state index contributed by atoms with van der Waals surface area (Å²) in [6.07, 6.45) is 2.46. The van der Waals surface area contributed by atoms with Crippen LogP contribution in [-0.4, -0.2) is 32.6 Å². The molecule has 19 heavy (non-hydrogen) atoms. The average molecular weight is 257 g/mol. The van der Waals surface area contributed by atoms with Gasteiger partial charge < -0.3 is 9.67 Å². The summed E-state index contributed by atoms with van der Waals surface area (Å²) < 4.78 is 2.10. The standard InChI is InChI=1S/C15H19N3O/c1-17-11-16-13-9-18(8-7-14(13)17)10-15(19)12-5-3-2-4-6-12/h2-6,11,15,19H,7-10H2,1H3. The molecule has 1 aliphatic heterocycles. The van der Waals surface area contributed by atoms with E-state index in [0.717, 1.165) is 30.8 Å². The van der Waals surface area contributed by atoms with Crippen molar-refractivity contribution in [2.45, 2.75) is 19.1 Å². The van der Waals surface area contributed by atoms with Gasteiger partial charge in [0.1, 0.15) is 0 Å². The second-order valence-electron chi connectivity index (χ2n) is 5.16. The third-order valence-corrected chi connectivity index (χ3v) is 3.80. The van der Waals surface area contributed by atoms with Crippen molar-refractivity contribution in [3.05, 3.63) is 53.6 Å². The number of hydrogen-bond donors (Lipinski definition) is 1. The first-order chi connectivity index (χ1) is 9.24. The lowest BCUT2D eigenvalue weighted by atomic mass is 10.1. The van der Waals surface area contributed by atoms with Gasteiger partial charge in [-0.05, 0) is 5.56 Å². The molecular formula is C15H19N3O. The van der Waals surface area contributed by atoms with E-state index >= 15 is 0 Å². The number of β-amino-alcohol motifs (C(OH)–C–C–N with tert-alkyl or cyclic N) is 1. The minimum atomic E-state index is -0.425. The summed E-state index contributed by atoms with van der Waals surface area (Å²) in [5.74, 6) is 0. The van der Waals surface area contributed by atoms with E-state index < -0.39 is 6.10 Å². The van der Waals surface area contributed by atoms with E-state index in [1.807, 2.05) is 43.7 Å². The van der Waals surface area contributed by atoms with Crippen molar-refractivity contribution < 1.29 is 5.11 Å². The molecule has 4 heteroatoms. The van der Waals surface area contributed by atoms with Gasteiger partial charge in [0.05, 0.1) is 18.1 Å². The fraction of sp³-hybridized carbons (Fsp3) is 0.400. The molecule has 0 fully saturated rings. The number of aliphatic hydroxyl groups is 1. The Balaban J connectivity index is 1.66. The van der Waals surface area contributed by atoms with Crippen molar-refractivity contribution in [1.29, 1.82) is 0 Å². The van der Waals surface area contributed by atoms with Gasteiger partial charge in [-0.25, -0.2) is 4.98 Å². The number of imidazole rings is 1. The molecule has 0 aliphatic carbocycles. The highest BCUT2D eigenvalue weighted by molar-refractivity contribution is 5.19. The first kappa shape index (κ1) is 12.4. The maximum Gasteiger partial charge on any atom is 0.0949 e. The normalized spacial score (nSPS) is 17.2. The second-order valence-corrected chi connectivity index (χ2v) is 5.16. The molecule has 1 N–H and O–H groups in total. The molecule has 1 aliphatic rings. The van der Waals surface area contributed by atoms with Crippen LogP contribution >= 0.6 is 0 Å². The van der Waals surface area contributed by atoms with Gasteiger partial charge in [0.15, 0.2) is 0 Å². The van der Waals surface area contributed by atoms with Crippen LogP contribution in [0.4, 0.5) is 0 Å². The van der Waals surface area contributed by atoms with Crippen molar-refractivity contribution in [3.8, 4) is 0 Å². The zero-order chi connectivity index (χ0) is 13.2. The molecule has 4 nitrogen and oxygen atoms in total. The molecule has 0 radical (unpaired) electrons. The van der Waals surface area contributed by atoms with Gasteiger partial charge in [-0.15, -0.1) is 0 Å². The minimum absolute atomic E-state index is 0.425. The maximum atomic E-state index is 10.3. The monoisotopic (exact) mass is 257 g/mol. The van der Waals surface area contributed by atoms with E-state index in [9.17, 15) is 5.11 Å². The van der Waals surface area contributed by atoms with Crippen LogP contribution in [0.1, 0.15) is 23.1 Å². The van der Waals surface area contributed by atoms with E-state index in [2.05, 4.69) is 14.5 Å². The summed E-state index contributed by atoms with van der Waals surface area (Å²) >= 11 is 0. The first-order valence-corrected chi connectivity index (χ1v) is 6.68. The van der Waals surface area contributed by atoms with Crippen LogP contribution in [0.3, 0.4) is 0 Å². The highest BCUT2D eigenvalue weighted by atomic mass is 16.3. The average Bonchev–Trinajstić information content (AvgIpc) is 2.81. The number of benzene rings is 1. The summed E-state index contributed by atoms with van der Waals surface area (Å²) in [6, 6.07) is 9.84. The summed E-state index contributed by atoms with van der Waals surface area (Å²) in [5.41, 5.74) is 3.45. The Kier molecular flexibility index (Phi) is 3.36. The third-order valence-electron chi connectivity index (χ3n) is 3.80. The van der Waals surface area contributed by atoms with E-state index in [0.29, 0.717) is 6.54 Å². The zero-order valence-corrected chi connectivity index (χ0v) is 11.2. The maximum absolute atomic E-state index is 10.3. The van der Waals surface area contributed by atoms with Gasteiger partial charge >= 0.3 is 0 Å². The predicted octanol–water partition coefficient (Wildman–Crippen LogP) is 1.51. The lowest BCUT2D eigenvalue weighted by molar-refractivity contribution is 0.105. The number of aliphatic hydroxyl groups excluding tert-OH is 1. The Morgan fingerprint density at radius 1 is 1.32 bits per heavy atom. The van der Waals surface area contributed by atoms with E-state index in [4.69, 9.17) is 0 Å². The highest BCUT2D eigenvalue weighted by Gasteiger charge is 2.22. The molecule has 0 spiro atoms. The quantitative estimate of drug-likeness (QED) is 0.906. The van der Waals surface area contributed by atoms with Crippen LogP contribution in [0, 0.1) is 0 Å². The Morgan fingerprint density at radius 2 is 2.11 bits per heavy atom. The summed E-state index contributed by atoms with van der Waals surface area (Å²) in [7, 11) is 2.04. The van der Waals surface area contributed by atoms with Crippen LogP contribution in [0.5, 0.6) is 0 Å². The van der Waals surface area contributed by atoms with Crippen LogP contribution in [0.15, 0.2) is 36.7 Å². The van der Waals surface area contributed by atoms with Gasteiger partial charge in [0.2, 0.25) is 0 Å². The highest BCUT2D eigenvalue weighted by Crippen LogP contribution is 2.20. The molecule has 0 amide bonds. The number of hydrogen-bond acceptors (Lipinski definition) is 3. The van der Waals surface area contributed by atoms with Crippen molar-refractivity contribution in [1.82, 2.24) is 14.5 Å². The Bertz CT molecular complexity index is 550. The van der Waals surface area contributed by atoms with E-state index in [1.54, 1.807) is 0 Å². The summed E-state index contributed by atoms with van der Waals surface area (Å²) in [4.78, 5) is 6.70. The number of rotatable bonds is 3. The van der Waals surface area contributed by atoms with Crippen LogP contribution in [-0.2, 0) is 20.0 Å². The molecule has 0 saturated carbocycles. The Labute approximate surface area is 113 Å².